The van der Waals surface area contributed by atoms with Gasteiger partial charge >= 0.3 is 5.97 Å². The average Bonchev–Trinajstić information content (AvgIpc) is 2.34. The Labute approximate surface area is 108 Å². The van der Waals surface area contributed by atoms with Crippen LogP contribution in [0.3, 0.4) is 0 Å². The van der Waals surface area contributed by atoms with E-state index in [2.05, 4.69) is 15.6 Å². The molecule has 1 aliphatic rings. The van der Waals surface area contributed by atoms with Crippen LogP contribution in [0.2, 0.25) is 0 Å². The van der Waals surface area contributed by atoms with E-state index in [0.29, 0.717) is 6.42 Å². The molecule has 2 heterocycles. The minimum atomic E-state index is -1.13. The second-order valence-electron chi connectivity index (χ2n) is 4.12. The topological polar surface area (TPSA) is 134 Å². The molecule has 5 N–H and O–H groups in total. The first-order valence-electron chi connectivity index (χ1n) is 5.56. The molecule has 8 heteroatoms. The number of hydrogen-bond acceptors (Lipinski definition) is 6. The summed E-state index contributed by atoms with van der Waals surface area (Å²) in [5.74, 6) is -1.67. The van der Waals surface area contributed by atoms with Gasteiger partial charge in [-0.15, -0.1) is 0 Å². The molecule has 1 atom stereocenters. The summed E-state index contributed by atoms with van der Waals surface area (Å²) >= 11 is 0. The Balaban J connectivity index is 2.13. The summed E-state index contributed by atoms with van der Waals surface area (Å²) in [5.41, 5.74) is 5.76. The third-order valence-electron chi connectivity index (χ3n) is 2.71. The number of aromatic nitrogens is 1. The molecule has 1 aromatic rings. The number of nitrogens with two attached hydrogens (primary N) is 1. The van der Waals surface area contributed by atoms with Crippen LogP contribution < -0.4 is 16.4 Å². The van der Waals surface area contributed by atoms with Gasteiger partial charge in [0.05, 0.1) is 11.3 Å². The van der Waals surface area contributed by atoms with E-state index in [4.69, 9.17) is 10.8 Å². The minimum absolute atomic E-state index is 0.0358. The highest BCUT2D eigenvalue weighted by Gasteiger charge is 2.27. The molecular weight excluding hydrogens is 252 g/mol. The van der Waals surface area contributed by atoms with Crippen molar-refractivity contribution in [1.82, 2.24) is 10.3 Å². The predicted molar refractivity (Wildman–Crippen MR) is 65.4 cm³/mol. The van der Waals surface area contributed by atoms with Gasteiger partial charge in [-0.2, -0.15) is 0 Å². The first kappa shape index (κ1) is 12.8. The largest absolute Gasteiger partial charge is 0.478 e. The quantitative estimate of drug-likeness (QED) is 0.544. The molecule has 2 amide bonds. The molecule has 100 valence electrons. The van der Waals surface area contributed by atoms with Crippen LogP contribution in [0.1, 0.15) is 23.2 Å². The number of anilines is 2. The Kier molecular flexibility index (Phi) is 3.32. The van der Waals surface area contributed by atoms with Crippen LogP contribution in [-0.4, -0.2) is 33.9 Å². The van der Waals surface area contributed by atoms with Crippen molar-refractivity contribution >= 4 is 29.3 Å². The summed E-state index contributed by atoms with van der Waals surface area (Å²) in [5, 5.41) is 13.8. The van der Waals surface area contributed by atoms with E-state index < -0.39 is 17.9 Å². The van der Waals surface area contributed by atoms with Gasteiger partial charge in [-0.25, -0.2) is 9.78 Å². The molecular formula is C11H12N4O4. The number of piperidine rings is 1. The van der Waals surface area contributed by atoms with Crippen LogP contribution in [0.25, 0.3) is 0 Å². The lowest BCUT2D eigenvalue weighted by molar-refractivity contribution is -0.133. The lowest BCUT2D eigenvalue weighted by atomic mass is 10.1. The van der Waals surface area contributed by atoms with Gasteiger partial charge in [-0.3, -0.25) is 14.9 Å². The van der Waals surface area contributed by atoms with Gasteiger partial charge in [0.2, 0.25) is 11.8 Å². The highest BCUT2D eigenvalue weighted by atomic mass is 16.4. The summed E-state index contributed by atoms with van der Waals surface area (Å²) in [6.45, 7) is 0. The normalized spacial score (nSPS) is 18.8. The van der Waals surface area contributed by atoms with E-state index in [1.807, 2.05) is 0 Å². The number of imide groups is 1. The van der Waals surface area contributed by atoms with Gasteiger partial charge in [-0.1, -0.05) is 0 Å². The standard InChI is InChI=1S/C11H12N4O4/c12-6-3-5(11(18)19)4-13-9(6)14-7-1-2-8(16)15-10(7)17/h3-4,7H,1-2,12H2,(H,13,14)(H,18,19)(H,15,16,17). The zero-order chi connectivity index (χ0) is 14.0. The fraction of sp³-hybridized carbons (Fsp3) is 0.273. The molecule has 0 radical (unpaired) electrons. The van der Waals surface area contributed by atoms with E-state index in [1.165, 1.54) is 6.07 Å². The summed E-state index contributed by atoms with van der Waals surface area (Å²) in [6, 6.07) is 0.645. The third-order valence-corrected chi connectivity index (χ3v) is 2.71. The Morgan fingerprint density at radius 3 is 2.84 bits per heavy atom. The van der Waals surface area contributed by atoms with Gasteiger partial charge in [0.25, 0.3) is 0 Å². The SMILES string of the molecule is Nc1cc(C(=O)O)cnc1NC1CCC(=O)NC1=O. The fourth-order valence-electron chi connectivity index (χ4n) is 1.72. The lowest BCUT2D eigenvalue weighted by Gasteiger charge is -2.22. The maximum atomic E-state index is 11.5. The van der Waals surface area contributed by atoms with Gasteiger partial charge in [0.1, 0.15) is 11.9 Å². The molecule has 1 aliphatic heterocycles. The molecule has 1 fully saturated rings. The summed E-state index contributed by atoms with van der Waals surface area (Å²) in [4.78, 5) is 37.1. The van der Waals surface area contributed by atoms with Crippen molar-refractivity contribution in [3.63, 3.8) is 0 Å². The number of nitrogen functional groups attached to an aromatic ring is 1. The number of nitrogens with zero attached hydrogens (tertiary/aromatic N) is 1. The molecule has 1 unspecified atom stereocenters. The molecule has 0 aliphatic carbocycles. The number of carboxylic acids is 1. The number of pyridine rings is 1. The third kappa shape index (κ3) is 2.79. The zero-order valence-corrected chi connectivity index (χ0v) is 9.84. The Morgan fingerprint density at radius 1 is 1.53 bits per heavy atom. The average molecular weight is 264 g/mol. The summed E-state index contributed by atoms with van der Waals surface area (Å²) < 4.78 is 0. The second-order valence-corrected chi connectivity index (χ2v) is 4.12. The van der Waals surface area contributed by atoms with E-state index in [0.717, 1.165) is 6.20 Å². The summed E-state index contributed by atoms with van der Waals surface area (Å²) in [7, 11) is 0. The molecule has 0 saturated carbocycles. The van der Waals surface area contributed by atoms with E-state index in [9.17, 15) is 14.4 Å². The zero-order valence-electron chi connectivity index (χ0n) is 9.84. The van der Waals surface area contributed by atoms with E-state index in [1.54, 1.807) is 0 Å². The molecule has 19 heavy (non-hydrogen) atoms. The predicted octanol–water partition coefficient (Wildman–Crippen LogP) is -0.421. The molecule has 0 spiro atoms. The van der Waals surface area contributed by atoms with Gasteiger partial charge in [0, 0.05) is 12.6 Å². The number of carbonyl (C=O) groups is 3. The molecule has 8 nitrogen and oxygen atoms in total. The van der Waals surface area contributed by atoms with E-state index in [-0.39, 0.29) is 29.4 Å². The van der Waals surface area contributed by atoms with Crippen LogP contribution in [-0.2, 0) is 9.59 Å². The van der Waals surface area contributed by atoms with Crippen molar-refractivity contribution in [2.24, 2.45) is 0 Å². The number of carbonyl (C=O) groups excluding carboxylic acids is 2. The van der Waals surface area contributed by atoms with Gasteiger partial charge in [-0.05, 0) is 12.5 Å². The molecule has 0 bridgehead atoms. The van der Waals surface area contributed by atoms with Crippen LogP contribution in [0.5, 0.6) is 0 Å². The Bertz CT molecular complexity index is 558. The van der Waals surface area contributed by atoms with Crippen LogP contribution in [0.4, 0.5) is 11.5 Å². The highest BCUT2D eigenvalue weighted by molar-refractivity contribution is 6.01. The fourth-order valence-corrected chi connectivity index (χ4v) is 1.72. The van der Waals surface area contributed by atoms with Crippen molar-refractivity contribution in [3.05, 3.63) is 17.8 Å². The number of hydrogen-bond donors (Lipinski definition) is 4. The monoisotopic (exact) mass is 264 g/mol. The summed E-state index contributed by atoms with van der Waals surface area (Å²) in [6.07, 6.45) is 1.72. The number of nitrogens with one attached hydrogen (secondary N) is 2. The number of aromatic carboxylic acids is 1. The maximum Gasteiger partial charge on any atom is 0.337 e. The van der Waals surface area contributed by atoms with Crippen LogP contribution in [0.15, 0.2) is 12.3 Å². The number of amides is 2. The highest BCUT2D eigenvalue weighted by Crippen LogP contribution is 2.19. The Morgan fingerprint density at radius 2 is 2.26 bits per heavy atom. The molecule has 0 aromatic carbocycles. The van der Waals surface area contributed by atoms with Crippen LogP contribution in [0, 0.1) is 0 Å². The van der Waals surface area contributed by atoms with Gasteiger partial charge < -0.3 is 16.2 Å². The molecule has 1 saturated heterocycles. The van der Waals surface area contributed by atoms with Crippen LogP contribution >= 0.6 is 0 Å². The second kappa shape index (κ2) is 4.92. The number of carboxylic acid groups (broad SMARTS) is 1. The first-order valence-corrected chi connectivity index (χ1v) is 5.56. The lowest BCUT2D eigenvalue weighted by Crippen LogP contribution is -2.47. The molecule has 2 rings (SSSR count). The van der Waals surface area contributed by atoms with Crippen molar-refractivity contribution < 1.29 is 19.5 Å². The number of rotatable bonds is 3. The molecule has 1 aromatic heterocycles. The van der Waals surface area contributed by atoms with Crippen molar-refractivity contribution in [3.8, 4) is 0 Å². The smallest absolute Gasteiger partial charge is 0.337 e. The first-order chi connectivity index (χ1) is 8.97. The van der Waals surface area contributed by atoms with Crippen molar-refractivity contribution in [2.75, 3.05) is 11.1 Å². The minimum Gasteiger partial charge on any atom is -0.478 e. The van der Waals surface area contributed by atoms with Crippen molar-refractivity contribution in [2.45, 2.75) is 18.9 Å². The van der Waals surface area contributed by atoms with E-state index >= 15 is 0 Å². The maximum absolute atomic E-state index is 11.5. The van der Waals surface area contributed by atoms with Gasteiger partial charge in [0.15, 0.2) is 0 Å². The Hall–Kier alpha value is -2.64. The van der Waals surface area contributed by atoms with Crippen molar-refractivity contribution in [1.29, 1.82) is 0 Å².